The molecular formula is C9H8N2. The van der Waals surface area contributed by atoms with Crippen LogP contribution in [0.1, 0.15) is 0 Å². The van der Waals surface area contributed by atoms with Crippen LogP contribution in [0.15, 0.2) is 39.9 Å². The Hall–Kier alpha value is -1.15. The number of nitrogens with one attached hydrogen (secondary N) is 1. The van der Waals surface area contributed by atoms with Gasteiger partial charge >= 0.3 is 0 Å². The van der Waals surface area contributed by atoms with Crippen molar-refractivity contribution in [2.24, 2.45) is 4.99 Å². The lowest BCUT2D eigenvalue weighted by Crippen LogP contribution is -2.39. The molecule has 2 bridgehead atoms. The molecule has 0 aromatic carbocycles. The zero-order chi connectivity index (χ0) is 7.26. The van der Waals surface area contributed by atoms with Gasteiger partial charge in [-0.2, -0.15) is 0 Å². The van der Waals surface area contributed by atoms with E-state index in [1.807, 2.05) is 6.21 Å². The lowest BCUT2D eigenvalue weighted by Gasteiger charge is -2.29. The Kier molecular flexibility index (Phi) is 0.855. The first-order chi connectivity index (χ1) is 5.45. The minimum Gasteiger partial charge on any atom is -0.288 e. The van der Waals surface area contributed by atoms with Crippen LogP contribution >= 0.6 is 0 Å². The second-order valence-corrected chi connectivity index (χ2v) is 2.98. The summed E-state index contributed by atoms with van der Waals surface area (Å²) < 4.78 is 0. The highest BCUT2D eigenvalue weighted by Crippen LogP contribution is 2.31. The zero-order valence-electron chi connectivity index (χ0n) is 6.04. The molecule has 0 radical (unpaired) electrons. The molecule has 1 unspecified atom stereocenters. The average Bonchev–Trinajstić information content (AvgIpc) is 2.55. The topological polar surface area (TPSA) is 24.4 Å². The fourth-order valence-electron chi connectivity index (χ4n) is 1.79. The first-order valence-electron chi connectivity index (χ1n) is 3.83. The van der Waals surface area contributed by atoms with Crippen molar-refractivity contribution in [3.63, 3.8) is 0 Å². The highest BCUT2D eigenvalue weighted by Gasteiger charge is 2.27. The first-order valence-corrected chi connectivity index (χ1v) is 3.83. The molecule has 0 amide bonds. The fourth-order valence-corrected chi connectivity index (χ4v) is 1.79. The second kappa shape index (κ2) is 1.71. The van der Waals surface area contributed by atoms with E-state index in [-0.39, 0.29) is 6.17 Å². The first kappa shape index (κ1) is 5.49. The van der Waals surface area contributed by atoms with Crippen molar-refractivity contribution in [2.45, 2.75) is 6.17 Å². The molecule has 4 rings (SSSR count). The van der Waals surface area contributed by atoms with Crippen LogP contribution in [-0.4, -0.2) is 18.9 Å². The number of allylic oxidation sites excluding steroid dienone is 3. The number of aliphatic imine (C=N–C) groups is 1. The molecule has 11 heavy (non-hydrogen) atoms. The van der Waals surface area contributed by atoms with Crippen LogP contribution in [0.3, 0.4) is 0 Å². The molecule has 3 aliphatic heterocycles. The lowest BCUT2D eigenvalue weighted by molar-refractivity contribution is 0.600. The van der Waals surface area contributed by atoms with Crippen molar-refractivity contribution in [1.29, 1.82) is 0 Å². The molecule has 1 atom stereocenters. The van der Waals surface area contributed by atoms with Crippen molar-refractivity contribution < 1.29 is 0 Å². The minimum absolute atomic E-state index is 0.234. The molecule has 1 N–H and O–H groups in total. The Morgan fingerprint density at radius 1 is 1.55 bits per heavy atom. The van der Waals surface area contributed by atoms with Crippen molar-refractivity contribution in [1.82, 2.24) is 5.32 Å². The fraction of sp³-hybridized carbons (Fsp3) is 0.222. The highest BCUT2D eigenvalue weighted by atomic mass is 15.1. The molecular weight excluding hydrogens is 136 g/mol. The van der Waals surface area contributed by atoms with Gasteiger partial charge in [-0.15, -0.1) is 0 Å². The number of rotatable bonds is 0. The van der Waals surface area contributed by atoms with Gasteiger partial charge in [-0.3, -0.25) is 10.3 Å². The molecule has 4 aliphatic rings. The van der Waals surface area contributed by atoms with E-state index in [1.54, 1.807) is 0 Å². The number of dihydropyridines is 1. The Morgan fingerprint density at radius 3 is 3.27 bits per heavy atom. The van der Waals surface area contributed by atoms with Gasteiger partial charge < -0.3 is 0 Å². The van der Waals surface area contributed by atoms with Crippen LogP contribution < -0.4 is 5.32 Å². The predicted octanol–water partition coefficient (Wildman–Crippen LogP) is 0.793. The second-order valence-electron chi connectivity index (χ2n) is 2.98. The predicted molar refractivity (Wildman–Crippen MR) is 44.5 cm³/mol. The summed E-state index contributed by atoms with van der Waals surface area (Å²) in [5, 5.41) is 3.33. The normalized spacial score (nSPS) is 31.3. The summed E-state index contributed by atoms with van der Waals surface area (Å²) in [6.45, 7) is 0.977. The molecule has 2 nitrogen and oxygen atoms in total. The van der Waals surface area contributed by atoms with E-state index in [9.17, 15) is 0 Å². The van der Waals surface area contributed by atoms with Gasteiger partial charge in [0.1, 0.15) is 6.17 Å². The van der Waals surface area contributed by atoms with Crippen LogP contribution in [0.25, 0.3) is 0 Å². The molecule has 0 fully saturated rings. The molecule has 0 saturated carbocycles. The summed E-state index contributed by atoms with van der Waals surface area (Å²) in [6.07, 6.45) is 8.63. The van der Waals surface area contributed by atoms with Crippen LogP contribution in [0.2, 0.25) is 0 Å². The van der Waals surface area contributed by atoms with Gasteiger partial charge in [0.05, 0.1) is 0 Å². The Morgan fingerprint density at radius 2 is 2.55 bits per heavy atom. The SMILES string of the molecule is C1=CC2=C3C=NC(NC3)C2=C1. The van der Waals surface area contributed by atoms with E-state index < -0.39 is 0 Å². The highest BCUT2D eigenvalue weighted by molar-refractivity contribution is 5.87. The van der Waals surface area contributed by atoms with Gasteiger partial charge in [-0.1, -0.05) is 18.2 Å². The lowest BCUT2D eigenvalue weighted by atomic mass is 9.95. The van der Waals surface area contributed by atoms with Crippen molar-refractivity contribution >= 4 is 6.21 Å². The largest absolute Gasteiger partial charge is 0.288 e. The maximum absolute atomic E-state index is 4.34. The van der Waals surface area contributed by atoms with Gasteiger partial charge in [-0.25, -0.2) is 0 Å². The molecule has 1 aliphatic carbocycles. The Bertz CT molecular complexity index is 331. The Balaban J connectivity index is 2.29. The molecule has 54 valence electrons. The van der Waals surface area contributed by atoms with Crippen molar-refractivity contribution in [3.05, 3.63) is 34.9 Å². The van der Waals surface area contributed by atoms with Gasteiger partial charge in [0.15, 0.2) is 0 Å². The van der Waals surface area contributed by atoms with Crippen molar-refractivity contribution in [3.8, 4) is 0 Å². The summed E-state index contributed by atoms with van der Waals surface area (Å²) in [7, 11) is 0. The molecule has 0 saturated heterocycles. The molecule has 0 aromatic heterocycles. The van der Waals surface area contributed by atoms with E-state index in [0.717, 1.165) is 6.54 Å². The van der Waals surface area contributed by atoms with Gasteiger partial charge in [0.25, 0.3) is 0 Å². The van der Waals surface area contributed by atoms with Gasteiger partial charge in [-0.05, 0) is 16.7 Å². The third kappa shape index (κ3) is 0.576. The summed E-state index contributed by atoms with van der Waals surface area (Å²) >= 11 is 0. The third-order valence-corrected chi connectivity index (χ3v) is 2.36. The maximum Gasteiger partial charge on any atom is 0.126 e. The number of nitrogens with zero attached hydrogens (tertiary/aromatic N) is 1. The average molecular weight is 144 g/mol. The number of hydrogen-bond acceptors (Lipinski definition) is 2. The monoisotopic (exact) mass is 144 g/mol. The van der Waals surface area contributed by atoms with Crippen LogP contribution in [0.4, 0.5) is 0 Å². The zero-order valence-corrected chi connectivity index (χ0v) is 6.04. The Labute approximate surface area is 65.0 Å². The van der Waals surface area contributed by atoms with Crippen molar-refractivity contribution in [2.75, 3.05) is 6.54 Å². The van der Waals surface area contributed by atoms with Crippen LogP contribution in [-0.2, 0) is 0 Å². The quantitative estimate of drug-likeness (QED) is 0.534. The van der Waals surface area contributed by atoms with E-state index in [0.29, 0.717) is 0 Å². The molecule has 0 spiro atoms. The maximum atomic E-state index is 4.34. The van der Waals surface area contributed by atoms with E-state index in [4.69, 9.17) is 0 Å². The van der Waals surface area contributed by atoms with E-state index >= 15 is 0 Å². The minimum atomic E-state index is 0.234. The summed E-state index contributed by atoms with van der Waals surface area (Å²) in [6, 6.07) is 0. The van der Waals surface area contributed by atoms with E-state index in [1.165, 1.54) is 16.7 Å². The molecule has 3 heterocycles. The number of hydrogen-bond donors (Lipinski definition) is 1. The third-order valence-electron chi connectivity index (χ3n) is 2.36. The van der Waals surface area contributed by atoms with E-state index in [2.05, 4.69) is 28.5 Å². The molecule has 2 heteroatoms. The summed E-state index contributed by atoms with van der Waals surface area (Å²) in [4.78, 5) is 4.34. The smallest absolute Gasteiger partial charge is 0.126 e. The van der Waals surface area contributed by atoms with Gasteiger partial charge in [0.2, 0.25) is 0 Å². The summed E-state index contributed by atoms with van der Waals surface area (Å²) in [5.74, 6) is 0. The molecule has 0 aromatic rings. The summed E-state index contributed by atoms with van der Waals surface area (Å²) in [5.41, 5.74) is 4.06. The standard InChI is InChI=1S/C9H8N2/c1-2-7-6-4-10-9(11-5-6)8(7)3-1/h1-4,9,11H,5H2. The van der Waals surface area contributed by atoms with Gasteiger partial charge in [0, 0.05) is 12.8 Å². The van der Waals surface area contributed by atoms with Crippen LogP contribution in [0.5, 0.6) is 0 Å². The number of fused-ring (bicyclic) bond motifs is 1. The van der Waals surface area contributed by atoms with Crippen LogP contribution in [0, 0.1) is 0 Å².